The zero-order valence-electron chi connectivity index (χ0n) is 17.8. The molecule has 2 fully saturated rings. The second kappa shape index (κ2) is 10.6. The molecule has 4 atom stereocenters. The van der Waals surface area contributed by atoms with E-state index in [1.807, 2.05) is 24.3 Å². The average molecular weight is 467 g/mol. The van der Waals surface area contributed by atoms with Crippen LogP contribution in [0.25, 0.3) is 0 Å². The van der Waals surface area contributed by atoms with Gasteiger partial charge in [-0.2, -0.15) is 0 Å². The van der Waals surface area contributed by atoms with Crippen molar-refractivity contribution in [1.82, 2.24) is 0 Å². The Bertz CT molecular complexity index is 811. The molecule has 4 rings (SSSR count). The number of halogens is 2. The van der Waals surface area contributed by atoms with Crippen molar-refractivity contribution in [3.05, 3.63) is 68.7 Å². The van der Waals surface area contributed by atoms with Gasteiger partial charge in [-0.3, -0.25) is 0 Å². The summed E-state index contributed by atoms with van der Waals surface area (Å²) in [4.78, 5) is 0. The van der Waals surface area contributed by atoms with Crippen molar-refractivity contribution >= 4 is 23.2 Å². The van der Waals surface area contributed by atoms with Gasteiger partial charge in [0.05, 0.1) is 26.4 Å². The number of ether oxygens (including phenoxy) is 5. The number of hydrogen-bond acceptors (Lipinski definition) is 5. The number of rotatable bonds is 12. The minimum Gasteiger partial charge on any atom is -0.384 e. The van der Waals surface area contributed by atoms with Crippen molar-refractivity contribution in [2.24, 2.45) is 0 Å². The second-order valence-corrected chi connectivity index (χ2v) is 8.73. The summed E-state index contributed by atoms with van der Waals surface area (Å²) in [6, 6.07) is 12.2. The normalized spacial score (nSPS) is 21.7. The summed E-state index contributed by atoms with van der Waals surface area (Å²) in [6.07, 6.45) is 0.994. The molecule has 0 saturated carbocycles. The molecule has 4 unspecified atom stereocenters. The van der Waals surface area contributed by atoms with Crippen LogP contribution in [0.5, 0.6) is 0 Å². The quantitative estimate of drug-likeness (QED) is 0.413. The fraction of sp³-hybridized carbons (Fsp3) is 0.500. The molecule has 0 bridgehead atoms. The van der Waals surface area contributed by atoms with E-state index in [-0.39, 0.29) is 24.4 Å². The number of benzene rings is 2. The van der Waals surface area contributed by atoms with E-state index in [0.29, 0.717) is 36.5 Å². The van der Waals surface area contributed by atoms with Gasteiger partial charge in [-0.15, -0.1) is 0 Å². The van der Waals surface area contributed by atoms with Gasteiger partial charge in [-0.25, -0.2) is 0 Å². The van der Waals surface area contributed by atoms with Crippen molar-refractivity contribution in [1.29, 1.82) is 0 Å². The zero-order valence-corrected chi connectivity index (χ0v) is 19.3. The van der Waals surface area contributed by atoms with E-state index in [1.165, 1.54) is 0 Å². The minimum absolute atomic E-state index is 0.0247. The summed E-state index contributed by atoms with van der Waals surface area (Å²) >= 11 is 13.3. The average Bonchev–Trinajstić information content (AvgIpc) is 3.66. The topological polar surface area (TPSA) is 52.8 Å². The van der Waals surface area contributed by atoms with Crippen LogP contribution in [-0.2, 0) is 36.5 Å². The standard InChI is InChI=1S/C24H28Cl2O5/c1-27-9-7-15-3-5-17(19(25)11-15)23(21-13-29-21)31-24(22-14-30-22)18-6-4-16(8-10-28-2)12-20(18)26/h3-6,11-12,21-24H,7-10,13-14H2,1-2H3. The van der Waals surface area contributed by atoms with Gasteiger partial charge in [0, 0.05) is 35.4 Å². The highest BCUT2D eigenvalue weighted by Gasteiger charge is 2.43. The molecular weight excluding hydrogens is 439 g/mol. The molecule has 31 heavy (non-hydrogen) atoms. The summed E-state index contributed by atoms with van der Waals surface area (Å²) in [7, 11) is 3.39. The molecule has 168 valence electrons. The van der Waals surface area contributed by atoms with Crippen LogP contribution in [-0.4, -0.2) is 52.9 Å². The first kappa shape index (κ1) is 23.0. The van der Waals surface area contributed by atoms with Gasteiger partial charge in [0.2, 0.25) is 0 Å². The molecular formula is C24H28Cl2O5. The molecule has 0 N–H and O–H groups in total. The van der Waals surface area contributed by atoms with E-state index in [0.717, 1.165) is 35.1 Å². The fourth-order valence-corrected chi connectivity index (χ4v) is 4.32. The smallest absolute Gasteiger partial charge is 0.113 e. The Morgan fingerprint density at radius 3 is 1.55 bits per heavy atom. The van der Waals surface area contributed by atoms with E-state index in [9.17, 15) is 0 Å². The van der Waals surface area contributed by atoms with Crippen LogP contribution in [0.2, 0.25) is 10.0 Å². The highest BCUT2D eigenvalue weighted by Crippen LogP contribution is 2.43. The largest absolute Gasteiger partial charge is 0.384 e. The third kappa shape index (κ3) is 5.99. The molecule has 2 aromatic carbocycles. The van der Waals surface area contributed by atoms with E-state index in [2.05, 4.69) is 12.1 Å². The van der Waals surface area contributed by atoms with Gasteiger partial charge in [0.25, 0.3) is 0 Å². The SMILES string of the molecule is COCCc1ccc(C(OC(c2ccc(CCOC)cc2Cl)C2CO2)C2CO2)c(Cl)c1. The highest BCUT2D eigenvalue weighted by atomic mass is 35.5. The van der Waals surface area contributed by atoms with Crippen LogP contribution in [0.4, 0.5) is 0 Å². The number of epoxide rings is 2. The van der Waals surface area contributed by atoms with Gasteiger partial charge < -0.3 is 23.7 Å². The predicted molar refractivity (Wildman–Crippen MR) is 120 cm³/mol. The van der Waals surface area contributed by atoms with E-state index in [4.69, 9.17) is 46.9 Å². The zero-order chi connectivity index (χ0) is 21.8. The maximum Gasteiger partial charge on any atom is 0.113 e. The van der Waals surface area contributed by atoms with Crippen LogP contribution in [0.1, 0.15) is 34.5 Å². The lowest BCUT2D eigenvalue weighted by Crippen LogP contribution is -2.20. The first-order valence-corrected chi connectivity index (χ1v) is 11.3. The Labute approximate surface area is 193 Å². The lowest BCUT2D eigenvalue weighted by atomic mass is 10.0. The molecule has 2 aliphatic heterocycles. The molecule has 2 saturated heterocycles. The molecule has 0 aliphatic carbocycles. The van der Waals surface area contributed by atoms with Crippen molar-refractivity contribution in [2.45, 2.75) is 37.3 Å². The van der Waals surface area contributed by atoms with Gasteiger partial charge in [0.1, 0.15) is 24.4 Å². The van der Waals surface area contributed by atoms with E-state index >= 15 is 0 Å². The van der Waals surface area contributed by atoms with Gasteiger partial charge in [0.15, 0.2) is 0 Å². The first-order chi connectivity index (χ1) is 15.1. The molecule has 7 heteroatoms. The molecule has 2 heterocycles. The van der Waals surface area contributed by atoms with Crippen LogP contribution in [0.3, 0.4) is 0 Å². The van der Waals surface area contributed by atoms with Crippen molar-refractivity contribution in [2.75, 3.05) is 40.6 Å². The molecule has 0 radical (unpaired) electrons. The monoisotopic (exact) mass is 466 g/mol. The maximum absolute atomic E-state index is 6.65. The van der Waals surface area contributed by atoms with E-state index in [1.54, 1.807) is 14.2 Å². The molecule has 0 amide bonds. The van der Waals surface area contributed by atoms with Gasteiger partial charge in [-0.1, -0.05) is 47.5 Å². The molecule has 5 nitrogen and oxygen atoms in total. The third-order valence-corrected chi connectivity index (χ3v) is 6.27. The maximum atomic E-state index is 6.65. The molecule has 2 aromatic rings. The van der Waals surface area contributed by atoms with Crippen LogP contribution in [0.15, 0.2) is 36.4 Å². The van der Waals surface area contributed by atoms with Gasteiger partial charge in [-0.05, 0) is 36.1 Å². The lowest BCUT2D eigenvalue weighted by molar-refractivity contribution is -0.0418. The highest BCUT2D eigenvalue weighted by molar-refractivity contribution is 6.31. The first-order valence-electron chi connectivity index (χ1n) is 10.5. The Morgan fingerprint density at radius 2 is 1.23 bits per heavy atom. The number of methoxy groups -OCH3 is 2. The van der Waals surface area contributed by atoms with Crippen LogP contribution >= 0.6 is 23.2 Å². The summed E-state index contributed by atoms with van der Waals surface area (Å²) in [6.45, 7) is 2.60. The molecule has 2 aliphatic rings. The van der Waals surface area contributed by atoms with Crippen LogP contribution in [0, 0.1) is 0 Å². The van der Waals surface area contributed by atoms with Gasteiger partial charge >= 0.3 is 0 Å². The summed E-state index contributed by atoms with van der Waals surface area (Å²) in [5.74, 6) is 0. The Kier molecular flexibility index (Phi) is 7.88. The van der Waals surface area contributed by atoms with Crippen molar-refractivity contribution in [3.8, 4) is 0 Å². The predicted octanol–water partition coefficient (Wildman–Crippen LogP) is 4.97. The summed E-state index contributed by atoms with van der Waals surface area (Å²) < 4.78 is 28.2. The lowest BCUT2D eigenvalue weighted by Gasteiger charge is -2.25. The Morgan fingerprint density at radius 1 is 0.806 bits per heavy atom. The minimum atomic E-state index is -0.289. The fourth-order valence-electron chi connectivity index (χ4n) is 3.69. The van der Waals surface area contributed by atoms with Crippen molar-refractivity contribution in [3.63, 3.8) is 0 Å². The Balaban J connectivity index is 1.55. The van der Waals surface area contributed by atoms with E-state index < -0.39 is 0 Å². The third-order valence-electron chi connectivity index (χ3n) is 5.62. The summed E-state index contributed by atoms with van der Waals surface area (Å²) in [5, 5.41) is 1.34. The molecule has 0 aromatic heterocycles. The van der Waals surface area contributed by atoms with Crippen LogP contribution < -0.4 is 0 Å². The summed E-state index contributed by atoms with van der Waals surface area (Å²) in [5.41, 5.74) is 4.10. The molecule has 0 spiro atoms. The Hall–Kier alpha value is -1.18. The second-order valence-electron chi connectivity index (χ2n) is 7.92. The number of hydrogen-bond donors (Lipinski definition) is 0. The van der Waals surface area contributed by atoms with Crippen molar-refractivity contribution < 1.29 is 23.7 Å².